The molecule has 0 unspecified atom stereocenters. The molecule has 12 heteroatoms. The van der Waals surface area contributed by atoms with Gasteiger partial charge in [-0.2, -0.15) is 35.1 Å². The largest absolute Gasteiger partial charge is 0.416 e. The first-order valence-corrected chi connectivity index (χ1v) is 11.7. The predicted octanol–water partition coefficient (Wildman–Crippen LogP) is 3.93. The van der Waals surface area contributed by atoms with Crippen LogP contribution in [0.3, 0.4) is 0 Å². The standard InChI is InChI=1S/C20H15F3N2O5S2/c21-20(22,23)15-10-11-19(32(28,29)30)18(12-15)17-9-5-4-6-14(17)13-24-25-31(26,27)16-7-2-1-3-8-16/h1-13,25H,(H,28,29,30). The molecule has 0 bridgehead atoms. The van der Waals surface area contributed by atoms with Crippen LogP contribution in [0.1, 0.15) is 11.1 Å². The SMILES string of the molecule is O=S(=O)(O)c1ccc(C(F)(F)F)cc1-c1ccccc1C=NNS(=O)(=O)c1ccccc1. The van der Waals surface area contributed by atoms with E-state index in [1.165, 1.54) is 48.5 Å². The fourth-order valence-corrected chi connectivity index (χ4v) is 4.31. The number of alkyl halides is 3. The maximum atomic E-state index is 13.2. The molecule has 0 saturated carbocycles. The lowest BCUT2D eigenvalue weighted by atomic mass is 9.98. The van der Waals surface area contributed by atoms with Crippen molar-refractivity contribution >= 4 is 26.4 Å². The number of rotatable bonds is 6. The third-order valence-corrected chi connectivity index (χ3v) is 6.42. The van der Waals surface area contributed by atoms with Gasteiger partial charge in [-0.1, -0.05) is 42.5 Å². The van der Waals surface area contributed by atoms with Gasteiger partial charge in [-0.25, -0.2) is 4.83 Å². The first kappa shape index (κ1) is 23.4. The Balaban J connectivity index is 2.06. The number of hydrogen-bond donors (Lipinski definition) is 2. The van der Waals surface area contributed by atoms with Crippen LogP contribution in [0, 0.1) is 0 Å². The van der Waals surface area contributed by atoms with Crippen LogP contribution in [0.2, 0.25) is 0 Å². The summed E-state index contributed by atoms with van der Waals surface area (Å²) < 4.78 is 97.1. The highest BCUT2D eigenvalue weighted by Gasteiger charge is 2.32. The number of halogens is 3. The summed E-state index contributed by atoms with van der Waals surface area (Å²) in [5.74, 6) is 0. The highest BCUT2D eigenvalue weighted by atomic mass is 32.2. The summed E-state index contributed by atoms with van der Waals surface area (Å²) in [6, 6.07) is 14.8. The molecule has 32 heavy (non-hydrogen) atoms. The Morgan fingerprint density at radius 3 is 2.09 bits per heavy atom. The number of nitrogens with one attached hydrogen (secondary N) is 1. The van der Waals surface area contributed by atoms with E-state index in [-0.39, 0.29) is 16.0 Å². The molecule has 0 radical (unpaired) electrons. The van der Waals surface area contributed by atoms with E-state index in [4.69, 9.17) is 0 Å². The molecule has 0 aromatic heterocycles. The average Bonchev–Trinajstić information content (AvgIpc) is 2.73. The summed E-state index contributed by atoms with van der Waals surface area (Å²) in [7, 11) is -8.86. The number of sulfonamides is 1. The monoisotopic (exact) mass is 484 g/mol. The molecule has 2 N–H and O–H groups in total. The van der Waals surface area contributed by atoms with Gasteiger partial charge in [0.25, 0.3) is 20.1 Å². The minimum absolute atomic E-state index is 0.0196. The van der Waals surface area contributed by atoms with Crippen molar-refractivity contribution < 1.29 is 34.6 Å². The van der Waals surface area contributed by atoms with Crippen molar-refractivity contribution in [3.8, 4) is 11.1 Å². The highest BCUT2D eigenvalue weighted by molar-refractivity contribution is 7.89. The van der Waals surface area contributed by atoms with Crippen molar-refractivity contribution in [3.63, 3.8) is 0 Å². The Morgan fingerprint density at radius 2 is 1.47 bits per heavy atom. The van der Waals surface area contributed by atoms with E-state index < -0.39 is 42.3 Å². The molecule has 0 spiro atoms. The number of hydrazone groups is 1. The molecule has 3 rings (SSSR count). The number of hydrogen-bond acceptors (Lipinski definition) is 5. The van der Waals surface area contributed by atoms with Crippen molar-refractivity contribution in [2.45, 2.75) is 16.0 Å². The lowest BCUT2D eigenvalue weighted by Crippen LogP contribution is -2.18. The third kappa shape index (κ3) is 5.33. The summed E-state index contributed by atoms with van der Waals surface area (Å²) >= 11 is 0. The molecule has 0 heterocycles. The normalized spacial score (nSPS) is 12.8. The van der Waals surface area contributed by atoms with Gasteiger partial charge in [0.15, 0.2) is 0 Å². The average molecular weight is 484 g/mol. The quantitative estimate of drug-likeness (QED) is 0.313. The van der Waals surface area contributed by atoms with Crippen molar-refractivity contribution in [2.75, 3.05) is 0 Å². The lowest BCUT2D eigenvalue weighted by molar-refractivity contribution is -0.137. The molecule has 0 aliphatic heterocycles. The molecule has 0 fully saturated rings. The Morgan fingerprint density at radius 1 is 0.844 bits per heavy atom. The van der Waals surface area contributed by atoms with E-state index in [0.29, 0.717) is 18.2 Å². The zero-order valence-corrected chi connectivity index (χ0v) is 17.6. The number of benzene rings is 3. The summed E-state index contributed by atoms with van der Waals surface area (Å²) in [4.78, 5) is 1.18. The van der Waals surface area contributed by atoms with Crippen LogP contribution in [0.15, 0.2) is 87.7 Å². The fraction of sp³-hybridized carbons (Fsp3) is 0.0500. The van der Waals surface area contributed by atoms with Crippen LogP contribution in [0.5, 0.6) is 0 Å². The zero-order chi connectivity index (χ0) is 23.6. The Labute approximate surface area is 182 Å². The van der Waals surface area contributed by atoms with E-state index in [1.54, 1.807) is 6.07 Å². The van der Waals surface area contributed by atoms with Gasteiger partial charge in [0.05, 0.1) is 16.7 Å². The van der Waals surface area contributed by atoms with Gasteiger partial charge in [0.2, 0.25) is 0 Å². The minimum Gasteiger partial charge on any atom is -0.282 e. The first-order valence-electron chi connectivity index (χ1n) is 8.78. The lowest BCUT2D eigenvalue weighted by Gasteiger charge is -2.14. The zero-order valence-electron chi connectivity index (χ0n) is 16.0. The van der Waals surface area contributed by atoms with Crippen LogP contribution < -0.4 is 4.83 Å². The fourth-order valence-electron chi connectivity index (χ4n) is 2.81. The molecule has 0 saturated heterocycles. The Kier molecular flexibility index (Phi) is 6.39. The van der Waals surface area contributed by atoms with E-state index in [9.17, 15) is 34.6 Å². The summed E-state index contributed by atoms with van der Waals surface area (Å²) in [6.45, 7) is 0. The van der Waals surface area contributed by atoms with Gasteiger partial charge in [0.1, 0.15) is 4.90 Å². The van der Waals surface area contributed by atoms with E-state index >= 15 is 0 Å². The van der Waals surface area contributed by atoms with Crippen molar-refractivity contribution in [1.82, 2.24) is 4.83 Å². The summed E-state index contributed by atoms with van der Waals surface area (Å²) in [5.41, 5.74) is -1.46. The Bertz CT molecular complexity index is 1370. The van der Waals surface area contributed by atoms with Crippen molar-refractivity contribution in [1.29, 1.82) is 0 Å². The number of nitrogens with zero attached hydrogens (tertiary/aromatic N) is 1. The highest BCUT2D eigenvalue weighted by Crippen LogP contribution is 2.36. The van der Waals surface area contributed by atoms with E-state index in [2.05, 4.69) is 5.10 Å². The van der Waals surface area contributed by atoms with E-state index in [1.807, 2.05) is 4.83 Å². The third-order valence-electron chi connectivity index (χ3n) is 4.27. The van der Waals surface area contributed by atoms with Gasteiger partial charge < -0.3 is 0 Å². The smallest absolute Gasteiger partial charge is 0.282 e. The van der Waals surface area contributed by atoms with Crippen molar-refractivity contribution in [3.05, 3.63) is 83.9 Å². The molecule has 0 aliphatic carbocycles. The topological polar surface area (TPSA) is 113 Å². The van der Waals surface area contributed by atoms with Crippen LogP contribution in [-0.2, 0) is 26.3 Å². The molecule has 0 aliphatic rings. The second-order valence-electron chi connectivity index (χ2n) is 6.44. The van der Waals surface area contributed by atoms with E-state index in [0.717, 1.165) is 6.21 Å². The van der Waals surface area contributed by atoms with Gasteiger partial charge >= 0.3 is 6.18 Å². The Hall–Kier alpha value is -3.22. The van der Waals surface area contributed by atoms with Crippen LogP contribution in [0.4, 0.5) is 13.2 Å². The second kappa shape index (κ2) is 8.73. The van der Waals surface area contributed by atoms with Gasteiger partial charge in [0, 0.05) is 11.1 Å². The maximum absolute atomic E-state index is 13.2. The molecule has 3 aromatic carbocycles. The molecule has 0 atom stereocenters. The van der Waals surface area contributed by atoms with Crippen LogP contribution in [0.25, 0.3) is 11.1 Å². The maximum Gasteiger partial charge on any atom is 0.416 e. The van der Waals surface area contributed by atoms with Crippen LogP contribution in [-0.4, -0.2) is 27.6 Å². The molecule has 7 nitrogen and oxygen atoms in total. The molecule has 0 amide bonds. The molecular weight excluding hydrogens is 469 g/mol. The minimum atomic E-state index is -4.86. The second-order valence-corrected chi connectivity index (χ2v) is 9.49. The predicted molar refractivity (Wildman–Crippen MR) is 111 cm³/mol. The molecule has 168 valence electrons. The molecule has 3 aromatic rings. The van der Waals surface area contributed by atoms with Crippen LogP contribution >= 0.6 is 0 Å². The summed E-state index contributed by atoms with van der Waals surface area (Å²) in [5, 5.41) is 3.64. The van der Waals surface area contributed by atoms with Gasteiger partial charge in [-0.3, -0.25) is 4.55 Å². The first-order chi connectivity index (χ1) is 14.9. The summed E-state index contributed by atoms with van der Waals surface area (Å²) in [6.07, 6.45) is -3.75. The van der Waals surface area contributed by atoms with Gasteiger partial charge in [-0.15, -0.1) is 0 Å². The van der Waals surface area contributed by atoms with Crippen molar-refractivity contribution in [2.24, 2.45) is 5.10 Å². The van der Waals surface area contributed by atoms with Gasteiger partial charge in [-0.05, 0) is 35.9 Å². The molecular formula is C20H15F3N2O5S2.